The number of aliphatic hydroxyl groups excluding tert-OH is 1. The molecule has 1 aromatic heterocycles. The van der Waals surface area contributed by atoms with Crippen LogP contribution in [0.1, 0.15) is 198 Å². The number of likely N-dealkylation sites (N-methyl/N-ethyl adjacent to an activating group) is 1. The quantitative estimate of drug-likeness (QED) is 0.0273. The van der Waals surface area contributed by atoms with Crippen LogP contribution in [0.25, 0.3) is 0 Å². The molecule has 0 bridgehead atoms. The second-order valence-corrected chi connectivity index (χ2v) is 30.1. The van der Waals surface area contributed by atoms with E-state index in [-0.39, 0.29) is 168 Å². The number of benzene rings is 1. The van der Waals surface area contributed by atoms with Gasteiger partial charge in [-0.1, -0.05) is 52.7 Å². The van der Waals surface area contributed by atoms with Gasteiger partial charge in [-0.15, -0.1) is 34.9 Å². The van der Waals surface area contributed by atoms with Crippen molar-refractivity contribution in [3.63, 3.8) is 0 Å². The van der Waals surface area contributed by atoms with E-state index in [9.17, 15) is 57.5 Å². The molecule has 5 unspecified atom stereocenters. The average molecular weight is 1410 g/mol. The Kier molecular flexibility index (Phi) is 36.9. The molecule has 3 heterocycles. The molecule has 5 amide bonds. The molecule has 0 saturated carbocycles. The first-order valence-corrected chi connectivity index (χ1v) is 37.1. The number of thioether (sulfide) groups is 2. The highest BCUT2D eigenvalue weighted by molar-refractivity contribution is 8.20. The number of rotatable bonds is 31. The summed E-state index contributed by atoms with van der Waals surface area (Å²) in [5.74, 6) is -4.98. The Bertz CT molecular complexity index is 2960. The highest BCUT2D eigenvalue weighted by Gasteiger charge is 2.42. The van der Waals surface area contributed by atoms with Gasteiger partial charge in [0.05, 0.1) is 48.5 Å². The minimum absolute atomic E-state index is 0.000525. The van der Waals surface area contributed by atoms with Crippen LogP contribution in [-0.4, -0.2) is 197 Å². The molecule has 0 radical (unpaired) electrons. The molecule has 4 rings (SSSR count). The number of hydrogen-bond acceptors (Lipinski definition) is 22. The number of ketones is 5. The lowest BCUT2D eigenvalue weighted by atomic mass is 9.81. The number of nitrogens with one attached hydrogen (secondary N) is 4. The number of aliphatic hydroxyl groups is 1. The SMILES string of the molecule is CC[C@H](C)[C@H](CC(=O)C(C)(C)N(C)C)C(=O)N(C)[C@H](C[C@@H](OC(C)=O)c1nc(C(=O)N[C@@H](Cc2ccc3c(c2)NC(=O)CCCCC(=O)C(C)NC(=O)C(CCCCNC(=O)CCOCCO)CC(=O)C2SCSC2C(=O)CCCOCCC(=O)C3)CC(C)OC=O)cs1)C(C)C. The van der Waals surface area contributed by atoms with E-state index in [0.29, 0.717) is 78.4 Å². The number of aromatic nitrogens is 1. The van der Waals surface area contributed by atoms with Crippen molar-refractivity contribution in [2.75, 3.05) is 71.1 Å². The molecule has 27 heteroatoms. The van der Waals surface area contributed by atoms with Crippen LogP contribution >= 0.6 is 34.9 Å². The molecule has 1 saturated heterocycles. The number of carbonyl (C=O) groups is 12. The number of ether oxygens (including phenoxy) is 4. The van der Waals surface area contributed by atoms with E-state index < -0.39 is 81.9 Å². The van der Waals surface area contributed by atoms with E-state index >= 15 is 0 Å². The third kappa shape index (κ3) is 28.3. The van der Waals surface area contributed by atoms with Crippen LogP contribution in [0, 0.1) is 23.7 Å². The third-order valence-corrected chi connectivity index (χ3v) is 22.2. The summed E-state index contributed by atoms with van der Waals surface area (Å²) in [6, 6.07) is 3.13. The summed E-state index contributed by atoms with van der Waals surface area (Å²) in [4.78, 5) is 170. The van der Waals surface area contributed by atoms with Gasteiger partial charge in [-0.05, 0) is 109 Å². The van der Waals surface area contributed by atoms with Gasteiger partial charge in [0.15, 0.2) is 17.7 Å². The van der Waals surface area contributed by atoms with Crippen LogP contribution in [0.15, 0.2) is 23.6 Å². The minimum atomic E-state index is -0.956. The number of Topliss-reactive ketones (excluding diaryl/α,β-unsaturated/α-hetero) is 5. The van der Waals surface area contributed by atoms with Gasteiger partial charge in [0.2, 0.25) is 23.6 Å². The first kappa shape index (κ1) is 83.4. The van der Waals surface area contributed by atoms with Crippen LogP contribution in [0.5, 0.6) is 0 Å². The summed E-state index contributed by atoms with van der Waals surface area (Å²) in [7, 11) is 5.36. The van der Waals surface area contributed by atoms with Gasteiger partial charge < -0.3 is 50.2 Å². The predicted octanol–water partition coefficient (Wildman–Crippen LogP) is 7.76. The monoisotopic (exact) mass is 1410 g/mol. The molecule has 2 aliphatic heterocycles. The van der Waals surface area contributed by atoms with Gasteiger partial charge in [-0.25, -0.2) is 4.98 Å². The number of amides is 5. The first-order chi connectivity index (χ1) is 46.0. The zero-order valence-corrected chi connectivity index (χ0v) is 61.4. The standard InChI is InChI=1S/C70H107N7O17S3/c1-13-44(4)53(38-61(85)70(8,9)76(10)11)69(90)77(12)56(43(2)3)39-60(94-47(7)80)68-75-55(40-95-68)67(89)73-51(33-45(5)93-41-79)34-48-23-24-49-36-52(81)25-30-91-29-18-21-58(83)64-65(97-42-96-64)59(84)37-50(19-16-17-27-71-62(86)26-31-92-32-28-78)66(88)72-46(6)57(82)20-14-15-22-63(87)74-54(49)35-48/h23-24,35,40-41,43-46,50-51,53,56,60,64-65,78H,13-22,25-34,36-39,42H2,1-12H3,(H,71,86)(H,72,88)(H,73,89)(H,74,87)/t44-,45?,46?,50?,51+,53-,56+,60+,64?,65?/m0/s1. The van der Waals surface area contributed by atoms with Crippen molar-refractivity contribution >= 4 is 111 Å². The van der Waals surface area contributed by atoms with Crippen molar-refractivity contribution in [3.8, 4) is 0 Å². The molecule has 10 atom stereocenters. The van der Waals surface area contributed by atoms with Crippen molar-refractivity contribution in [2.45, 2.75) is 224 Å². The van der Waals surface area contributed by atoms with Crippen molar-refractivity contribution in [1.29, 1.82) is 0 Å². The van der Waals surface area contributed by atoms with Gasteiger partial charge >= 0.3 is 5.97 Å². The third-order valence-electron chi connectivity index (χ3n) is 18.2. The molecule has 97 heavy (non-hydrogen) atoms. The van der Waals surface area contributed by atoms with Crippen molar-refractivity contribution in [1.82, 2.24) is 30.7 Å². The molecule has 1 aromatic carbocycles. The Morgan fingerprint density at radius 1 is 0.897 bits per heavy atom. The molecule has 0 spiro atoms. The molecular weight excluding hydrogens is 1310 g/mol. The average Bonchev–Trinajstić information content (AvgIpc) is 1.77. The molecular formula is C70H107N7O17S3. The van der Waals surface area contributed by atoms with E-state index in [0.717, 1.165) is 11.3 Å². The van der Waals surface area contributed by atoms with E-state index in [1.807, 2.05) is 60.5 Å². The number of carbonyl (C=O) groups excluding carboxylic acids is 12. The van der Waals surface area contributed by atoms with Crippen molar-refractivity contribution in [2.24, 2.45) is 23.7 Å². The normalized spacial score (nSPS) is 20.4. The summed E-state index contributed by atoms with van der Waals surface area (Å²) in [6.07, 6.45) is 1.87. The molecule has 1 fully saturated rings. The molecule has 2 aliphatic rings. The zero-order chi connectivity index (χ0) is 71.9. The summed E-state index contributed by atoms with van der Waals surface area (Å²) >= 11 is 3.87. The Hall–Kier alpha value is -5.97. The van der Waals surface area contributed by atoms with E-state index in [1.165, 1.54) is 30.4 Å². The predicted molar refractivity (Wildman–Crippen MR) is 374 cm³/mol. The Labute approximate surface area is 585 Å². The molecule has 0 aliphatic carbocycles. The van der Waals surface area contributed by atoms with Crippen molar-refractivity contribution in [3.05, 3.63) is 45.4 Å². The van der Waals surface area contributed by atoms with Crippen LogP contribution in [0.3, 0.4) is 0 Å². The number of unbranched alkanes of at least 4 members (excludes halogenated alkanes) is 1. The number of nitrogens with zero attached hydrogens (tertiary/aromatic N) is 3. The fourth-order valence-electron chi connectivity index (χ4n) is 11.5. The Morgan fingerprint density at radius 3 is 2.27 bits per heavy atom. The summed E-state index contributed by atoms with van der Waals surface area (Å²) in [6.45, 7) is 17.1. The highest BCUT2D eigenvalue weighted by Crippen LogP contribution is 2.40. The lowest BCUT2D eigenvalue weighted by molar-refractivity contribution is -0.150. The van der Waals surface area contributed by atoms with Crippen LogP contribution in [0.4, 0.5) is 5.69 Å². The smallest absolute Gasteiger partial charge is 0.303 e. The number of esters is 1. The number of hydrogen-bond donors (Lipinski definition) is 5. The topological polar surface area (TPSA) is 329 Å². The maximum absolute atomic E-state index is 14.5. The fraction of sp³-hybridized carbons (Fsp3) is 0.700. The maximum atomic E-state index is 14.5. The number of anilines is 1. The second kappa shape index (κ2) is 42.9. The largest absolute Gasteiger partial charge is 0.465 e. The van der Waals surface area contributed by atoms with Crippen LogP contribution in [0.2, 0.25) is 0 Å². The molecule has 24 nitrogen and oxygen atoms in total. The first-order valence-electron chi connectivity index (χ1n) is 34.1. The number of fused-ring (bicyclic) bond motifs is 2. The lowest BCUT2D eigenvalue weighted by Gasteiger charge is -2.38. The zero-order valence-electron chi connectivity index (χ0n) is 59.0. The molecule has 542 valence electrons. The Morgan fingerprint density at radius 2 is 1.60 bits per heavy atom. The molecule has 2 aromatic rings. The van der Waals surface area contributed by atoms with Gasteiger partial charge in [-0.2, -0.15) is 0 Å². The minimum Gasteiger partial charge on any atom is -0.465 e. The Balaban J connectivity index is 1.54. The summed E-state index contributed by atoms with van der Waals surface area (Å²) in [5.41, 5.74) is 0.704. The summed E-state index contributed by atoms with van der Waals surface area (Å²) in [5, 5.41) is 21.7. The fourth-order valence-corrected chi connectivity index (χ4v) is 15.6. The maximum Gasteiger partial charge on any atom is 0.303 e. The van der Waals surface area contributed by atoms with Gasteiger partial charge in [0.1, 0.15) is 34.2 Å². The summed E-state index contributed by atoms with van der Waals surface area (Å²) < 4.78 is 22.2. The van der Waals surface area contributed by atoms with Gasteiger partial charge in [-0.3, -0.25) is 62.4 Å². The number of thiazole rings is 1. The van der Waals surface area contributed by atoms with E-state index in [1.54, 1.807) is 49.4 Å². The highest BCUT2D eigenvalue weighted by atomic mass is 32.2. The molecule has 5 N–H and O–H groups in total. The van der Waals surface area contributed by atoms with Gasteiger partial charge in [0.25, 0.3) is 12.4 Å². The van der Waals surface area contributed by atoms with Crippen molar-refractivity contribution < 1.29 is 81.6 Å². The van der Waals surface area contributed by atoms with Gasteiger partial charge in [0, 0.05) is 131 Å². The van der Waals surface area contributed by atoms with Crippen LogP contribution < -0.4 is 21.3 Å². The van der Waals surface area contributed by atoms with Crippen LogP contribution in [-0.2, 0) is 84.5 Å². The van der Waals surface area contributed by atoms with E-state index in [4.69, 9.17) is 24.1 Å². The lowest BCUT2D eigenvalue weighted by Crippen LogP contribution is -2.50. The van der Waals surface area contributed by atoms with E-state index in [2.05, 4.69) is 26.3 Å². The second-order valence-electron chi connectivity index (χ2n) is 26.6.